The molecule has 1 aliphatic rings. The normalized spacial score (nSPS) is 20.9. The van der Waals surface area contributed by atoms with E-state index >= 15 is 0 Å². The van der Waals surface area contributed by atoms with Gasteiger partial charge in [0.15, 0.2) is 0 Å². The monoisotopic (exact) mass is 245 g/mol. The Labute approximate surface area is 110 Å². The fraction of sp³-hybridized carbons (Fsp3) is 0.562. The first kappa shape index (κ1) is 13.3. The largest absolute Gasteiger partial charge is 0.300 e. The van der Waals surface area contributed by atoms with Gasteiger partial charge in [-0.25, -0.2) is 0 Å². The first-order chi connectivity index (χ1) is 8.58. The summed E-state index contributed by atoms with van der Waals surface area (Å²) in [5, 5.41) is 0. The maximum Gasteiger partial charge on any atom is 0.134 e. The average Bonchev–Trinajstić information content (AvgIpc) is 2.34. The van der Waals surface area contributed by atoms with Crippen molar-refractivity contribution in [2.24, 2.45) is 5.92 Å². The van der Waals surface area contributed by atoms with Gasteiger partial charge in [0, 0.05) is 19.0 Å². The summed E-state index contributed by atoms with van der Waals surface area (Å²) in [6, 6.07) is 6.46. The van der Waals surface area contributed by atoms with Crippen molar-refractivity contribution >= 4 is 5.78 Å². The minimum Gasteiger partial charge on any atom is -0.300 e. The van der Waals surface area contributed by atoms with Gasteiger partial charge in [-0.1, -0.05) is 18.2 Å². The Hall–Kier alpha value is -1.15. The van der Waals surface area contributed by atoms with Gasteiger partial charge < -0.3 is 0 Å². The molecular formula is C16H23NO. The molecular weight excluding hydrogens is 222 g/mol. The van der Waals surface area contributed by atoms with E-state index in [9.17, 15) is 4.79 Å². The molecule has 0 radical (unpaired) electrons. The molecule has 0 bridgehead atoms. The van der Waals surface area contributed by atoms with Crippen molar-refractivity contribution < 1.29 is 4.79 Å². The molecule has 0 aromatic heterocycles. The van der Waals surface area contributed by atoms with Gasteiger partial charge in [0.2, 0.25) is 0 Å². The minimum atomic E-state index is 0.253. The lowest BCUT2D eigenvalue weighted by atomic mass is 9.93. The van der Waals surface area contributed by atoms with Crippen LogP contribution in [0.3, 0.4) is 0 Å². The Bertz CT molecular complexity index is 418. The highest BCUT2D eigenvalue weighted by molar-refractivity contribution is 5.78. The quantitative estimate of drug-likeness (QED) is 0.815. The van der Waals surface area contributed by atoms with Crippen LogP contribution in [-0.2, 0) is 11.3 Å². The second-order valence-electron chi connectivity index (χ2n) is 5.56. The highest BCUT2D eigenvalue weighted by Crippen LogP contribution is 2.22. The Kier molecular flexibility index (Phi) is 4.18. The lowest BCUT2D eigenvalue weighted by Crippen LogP contribution is -2.37. The lowest BCUT2D eigenvalue weighted by molar-refractivity contribution is -0.122. The predicted molar refractivity (Wildman–Crippen MR) is 74.6 cm³/mol. The molecule has 2 heteroatoms. The third-order valence-corrected chi connectivity index (χ3v) is 4.11. The molecule has 1 unspecified atom stereocenters. The number of carbonyl (C=O) groups excluding carboxylic acids is 1. The highest BCUT2D eigenvalue weighted by atomic mass is 16.1. The molecule has 18 heavy (non-hydrogen) atoms. The number of benzene rings is 1. The first-order valence-corrected chi connectivity index (χ1v) is 6.86. The van der Waals surface area contributed by atoms with Gasteiger partial charge >= 0.3 is 0 Å². The molecule has 0 N–H and O–H groups in total. The lowest BCUT2D eigenvalue weighted by Gasteiger charge is -2.32. The molecule has 1 aromatic rings. The molecule has 2 rings (SSSR count). The smallest absolute Gasteiger partial charge is 0.134 e. The minimum absolute atomic E-state index is 0.253. The molecule has 0 spiro atoms. The Balaban J connectivity index is 2.07. The zero-order chi connectivity index (χ0) is 13.1. The Morgan fingerprint density at radius 3 is 2.61 bits per heavy atom. The molecule has 1 aromatic carbocycles. The maximum atomic E-state index is 11.5. The summed E-state index contributed by atoms with van der Waals surface area (Å²) in [6.07, 6.45) is 2.22. The van der Waals surface area contributed by atoms with Crippen LogP contribution in [-0.4, -0.2) is 23.8 Å². The van der Waals surface area contributed by atoms with Crippen LogP contribution in [0, 0.1) is 19.8 Å². The number of nitrogens with zero attached hydrogens (tertiary/aromatic N) is 1. The van der Waals surface area contributed by atoms with Gasteiger partial charge in [0.05, 0.1) is 0 Å². The van der Waals surface area contributed by atoms with E-state index in [2.05, 4.69) is 36.9 Å². The van der Waals surface area contributed by atoms with Crippen LogP contribution in [0.1, 0.15) is 36.5 Å². The van der Waals surface area contributed by atoms with Crippen molar-refractivity contribution in [2.75, 3.05) is 13.1 Å². The van der Waals surface area contributed by atoms with Crippen LogP contribution in [0.25, 0.3) is 0 Å². The van der Waals surface area contributed by atoms with Crippen LogP contribution in [0.2, 0.25) is 0 Å². The highest BCUT2D eigenvalue weighted by Gasteiger charge is 2.23. The fourth-order valence-electron chi connectivity index (χ4n) is 2.85. The summed E-state index contributed by atoms with van der Waals surface area (Å²) < 4.78 is 0. The topological polar surface area (TPSA) is 20.3 Å². The number of hydrogen-bond donors (Lipinski definition) is 0. The van der Waals surface area contributed by atoms with Crippen molar-refractivity contribution in [1.29, 1.82) is 0 Å². The van der Waals surface area contributed by atoms with Crippen LogP contribution in [0.15, 0.2) is 18.2 Å². The van der Waals surface area contributed by atoms with Crippen molar-refractivity contribution in [3.05, 3.63) is 34.9 Å². The molecule has 0 saturated carbocycles. The van der Waals surface area contributed by atoms with Gasteiger partial charge in [-0.2, -0.15) is 0 Å². The van der Waals surface area contributed by atoms with E-state index in [-0.39, 0.29) is 5.92 Å². The van der Waals surface area contributed by atoms with E-state index in [4.69, 9.17) is 0 Å². The summed E-state index contributed by atoms with van der Waals surface area (Å²) >= 11 is 0. The van der Waals surface area contributed by atoms with Crippen LogP contribution < -0.4 is 0 Å². The summed E-state index contributed by atoms with van der Waals surface area (Å²) in [5.41, 5.74) is 4.15. The number of likely N-dealkylation sites (tertiary alicyclic amines) is 1. The number of aryl methyl sites for hydroxylation is 2. The number of rotatable bonds is 3. The first-order valence-electron chi connectivity index (χ1n) is 6.86. The third kappa shape index (κ3) is 2.99. The summed E-state index contributed by atoms with van der Waals surface area (Å²) in [5.74, 6) is 0.601. The van der Waals surface area contributed by atoms with E-state index in [0.717, 1.165) is 32.5 Å². The zero-order valence-corrected chi connectivity index (χ0v) is 11.7. The van der Waals surface area contributed by atoms with Gasteiger partial charge in [-0.15, -0.1) is 0 Å². The number of piperidine rings is 1. The number of hydrogen-bond acceptors (Lipinski definition) is 2. The number of ketones is 1. The van der Waals surface area contributed by atoms with Crippen molar-refractivity contribution in [2.45, 2.75) is 40.2 Å². The van der Waals surface area contributed by atoms with E-state index in [1.54, 1.807) is 6.92 Å². The second-order valence-corrected chi connectivity index (χ2v) is 5.56. The molecule has 1 fully saturated rings. The molecule has 0 aliphatic carbocycles. The van der Waals surface area contributed by atoms with Crippen LogP contribution in [0.5, 0.6) is 0 Å². The number of carbonyl (C=O) groups is 1. The summed E-state index contributed by atoms with van der Waals surface area (Å²) in [7, 11) is 0. The molecule has 98 valence electrons. The van der Waals surface area contributed by atoms with E-state index in [1.165, 1.54) is 16.7 Å². The Morgan fingerprint density at radius 1 is 1.33 bits per heavy atom. The predicted octanol–water partition coefficient (Wildman–Crippen LogP) is 3.10. The van der Waals surface area contributed by atoms with E-state index in [0.29, 0.717) is 5.78 Å². The molecule has 2 nitrogen and oxygen atoms in total. The van der Waals surface area contributed by atoms with E-state index < -0.39 is 0 Å². The summed E-state index contributed by atoms with van der Waals surface area (Å²) in [6.45, 7) is 9.12. The SMILES string of the molecule is CC(=O)C1CCCN(Cc2c(C)cccc2C)C1. The van der Waals surface area contributed by atoms with Crippen LogP contribution in [0.4, 0.5) is 0 Å². The molecule has 1 atom stereocenters. The molecule has 0 amide bonds. The van der Waals surface area contributed by atoms with E-state index in [1.807, 2.05) is 0 Å². The molecule has 1 aliphatic heterocycles. The standard InChI is InChI=1S/C16H23NO/c1-12-6-4-7-13(2)16(12)11-17-9-5-8-15(10-17)14(3)18/h4,6-7,15H,5,8-11H2,1-3H3. The maximum absolute atomic E-state index is 11.5. The van der Waals surface area contributed by atoms with Crippen molar-refractivity contribution in [3.63, 3.8) is 0 Å². The zero-order valence-electron chi connectivity index (χ0n) is 11.7. The van der Waals surface area contributed by atoms with Gasteiger partial charge in [0.1, 0.15) is 5.78 Å². The van der Waals surface area contributed by atoms with Crippen LogP contribution >= 0.6 is 0 Å². The Morgan fingerprint density at radius 2 is 2.00 bits per heavy atom. The molecule has 1 saturated heterocycles. The van der Waals surface area contributed by atoms with Crippen molar-refractivity contribution in [3.8, 4) is 0 Å². The third-order valence-electron chi connectivity index (χ3n) is 4.11. The van der Waals surface area contributed by atoms with Gasteiger partial charge in [-0.3, -0.25) is 9.69 Å². The second kappa shape index (κ2) is 5.66. The average molecular weight is 245 g/mol. The molecule has 1 heterocycles. The fourth-order valence-corrected chi connectivity index (χ4v) is 2.85. The van der Waals surface area contributed by atoms with Gasteiger partial charge in [0.25, 0.3) is 0 Å². The summed E-state index contributed by atoms with van der Waals surface area (Å²) in [4.78, 5) is 13.9. The van der Waals surface area contributed by atoms with Crippen molar-refractivity contribution in [1.82, 2.24) is 4.90 Å². The number of Topliss-reactive ketones (excluding diaryl/α,β-unsaturated/α-hetero) is 1. The van der Waals surface area contributed by atoms with Gasteiger partial charge in [-0.05, 0) is 56.8 Å².